The lowest BCUT2D eigenvalue weighted by molar-refractivity contribution is 0.113. The molecule has 0 bridgehead atoms. The first-order valence-corrected chi connectivity index (χ1v) is 4.02. The highest BCUT2D eigenvalue weighted by Crippen LogP contribution is 2.19. The third kappa shape index (κ3) is 1.56. The molecule has 0 aliphatic heterocycles. The lowest BCUT2D eigenvalue weighted by atomic mass is 10.3. The smallest absolute Gasteiger partial charge is 0.103 e. The summed E-state index contributed by atoms with van der Waals surface area (Å²) in [6.07, 6.45) is 0.0833. The molecule has 0 aliphatic carbocycles. The van der Waals surface area contributed by atoms with E-state index in [1.54, 1.807) is 18.4 Å². The highest BCUT2D eigenvalue weighted by molar-refractivity contribution is 7.10. The van der Waals surface area contributed by atoms with Crippen LogP contribution in [0.15, 0.2) is 17.5 Å². The Hall–Kier alpha value is -0.380. The van der Waals surface area contributed by atoms with E-state index in [1.807, 2.05) is 17.5 Å². The summed E-state index contributed by atoms with van der Waals surface area (Å²) in [5.41, 5.74) is 5.46. The number of thiophene rings is 1. The van der Waals surface area contributed by atoms with Gasteiger partial charge in [0.25, 0.3) is 0 Å². The first-order valence-electron chi connectivity index (χ1n) is 3.14. The number of rotatable bonds is 3. The van der Waals surface area contributed by atoms with Gasteiger partial charge in [0.1, 0.15) is 6.10 Å². The highest BCUT2D eigenvalue weighted by Gasteiger charge is 2.07. The second-order valence-electron chi connectivity index (χ2n) is 1.98. The van der Waals surface area contributed by atoms with Gasteiger partial charge in [0, 0.05) is 18.5 Å². The molecule has 0 aliphatic rings. The normalized spacial score (nSPS) is 13.4. The molecule has 1 aromatic heterocycles. The monoisotopic (exact) mass is 157 g/mol. The second-order valence-corrected chi connectivity index (χ2v) is 2.95. The number of hydrogen-bond donors (Lipinski definition) is 1. The standard InChI is InChI=1S/C7H11NOS/c1-9-6(5-8)7-3-2-4-10-7/h2-4,6H,5,8H2,1H3/t6-/m1/s1. The van der Waals surface area contributed by atoms with Crippen molar-refractivity contribution in [2.24, 2.45) is 5.73 Å². The summed E-state index contributed by atoms with van der Waals surface area (Å²) in [6.45, 7) is 0.553. The van der Waals surface area contributed by atoms with Gasteiger partial charge in [-0.3, -0.25) is 0 Å². The molecule has 1 heterocycles. The van der Waals surface area contributed by atoms with E-state index in [2.05, 4.69) is 0 Å². The summed E-state index contributed by atoms with van der Waals surface area (Å²) in [5, 5.41) is 2.02. The summed E-state index contributed by atoms with van der Waals surface area (Å²) in [4.78, 5) is 1.20. The van der Waals surface area contributed by atoms with E-state index >= 15 is 0 Å². The maximum absolute atomic E-state index is 5.46. The van der Waals surface area contributed by atoms with Gasteiger partial charge in [0.2, 0.25) is 0 Å². The van der Waals surface area contributed by atoms with Gasteiger partial charge in [-0.1, -0.05) is 6.07 Å². The minimum absolute atomic E-state index is 0.0833. The molecule has 1 aromatic rings. The lowest BCUT2D eigenvalue weighted by Crippen LogP contribution is -2.12. The van der Waals surface area contributed by atoms with Crippen LogP contribution in [0.2, 0.25) is 0 Å². The molecular formula is C7H11NOS. The third-order valence-electron chi connectivity index (χ3n) is 1.36. The van der Waals surface area contributed by atoms with Crippen LogP contribution >= 0.6 is 11.3 Å². The maximum atomic E-state index is 5.46. The van der Waals surface area contributed by atoms with Crippen LogP contribution in [0.5, 0.6) is 0 Å². The SMILES string of the molecule is CO[C@H](CN)c1cccs1. The minimum Gasteiger partial charge on any atom is -0.375 e. The van der Waals surface area contributed by atoms with Crippen molar-refractivity contribution in [2.45, 2.75) is 6.10 Å². The zero-order chi connectivity index (χ0) is 7.40. The Morgan fingerprint density at radius 1 is 1.80 bits per heavy atom. The van der Waals surface area contributed by atoms with Crippen molar-refractivity contribution in [3.8, 4) is 0 Å². The molecule has 1 rings (SSSR count). The first-order chi connectivity index (χ1) is 4.88. The molecule has 0 fully saturated rings. The van der Waals surface area contributed by atoms with Crippen LogP contribution in [0.25, 0.3) is 0 Å². The van der Waals surface area contributed by atoms with Gasteiger partial charge in [-0.05, 0) is 11.4 Å². The minimum atomic E-state index is 0.0833. The molecule has 2 N–H and O–H groups in total. The molecule has 2 nitrogen and oxygen atoms in total. The average Bonchev–Trinajstić information content (AvgIpc) is 2.43. The predicted octanol–water partition coefficient (Wildman–Crippen LogP) is 1.39. The zero-order valence-corrected chi connectivity index (χ0v) is 6.73. The van der Waals surface area contributed by atoms with E-state index in [1.165, 1.54) is 4.88 Å². The summed E-state index contributed by atoms with van der Waals surface area (Å²) in [7, 11) is 1.68. The summed E-state index contributed by atoms with van der Waals surface area (Å²) < 4.78 is 5.13. The molecule has 56 valence electrons. The Kier molecular flexibility index (Phi) is 2.86. The van der Waals surface area contributed by atoms with Crippen molar-refractivity contribution < 1.29 is 4.74 Å². The lowest BCUT2D eigenvalue weighted by Gasteiger charge is -2.08. The molecule has 0 aromatic carbocycles. The van der Waals surface area contributed by atoms with Crippen LogP contribution in [-0.2, 0) is 4.74 Å². The Labute approximate surface area is 64.6 Å². The average molecular weight is 157 g/mol. The summed E-state index contributed by atoms with van der Waals surface area (Å²) in [6, 6.07) is 4.04. The molecule has 0 radical (unpaired) electrons. The maximum Gasteiger partial charge on any atom is 0.103 e. The predicted molar refractivity (Wildman–Crippen MR) is 43.1 cm³/mol. The largest absolute Gasteiger partial charge is 0.375 e. The van der Waals surface area contributed by atoms with Gasteiger partial charge in [0.15, 0.2) is 0 Å². The number of ether oxygens (including phenoxy) is 1. The molecule has 0 amide bonds. The van der Waals surface area contributed by atoms with Crippen LogP contribution in [0.3, 0.4) is 0 Å². The van der Waals surface area contributed by atoms with Crippen molar-refractivity contribution in [1.82, 2.24) is 0 Å². The Morgan fingerprint density at radius 2 is 2.60 bits per heavy atom. The number of methoxy groups -OCH3 is 1. The van der Waals surface area contributed by atoms with E-state index in [0.717, 1.165) is 0 Å². The molecule has 0 unspecified atom stereocenters. The second kappa shape index (κ2) is 3.71. The van der Waals surface area contributed by atoms with E-state index in [-0.39, 0.29) is 6.10 Å². The van der Waals surface area contributed by atoms with Crippen LogP contribution in [0.1, 0.15) is 11.0 Å². The molecular weight excluding hydrogens is 146 g/mol. The topological polar surface area (TPSA) is 35.2 Å². The Bertz CT molecular complexity index is 170. The van der Waals surface area contributed by atoms with Crippen LogP contribution in [0, 0.1) is 0 Å². The van der Waals surface area contributed by atoms with Gasteiger partial charge < -0.3 is 10.5 Å². The Morgan fingerprint density at radius 3 is 3.00 bits per heavy atom. The molecule has 0 spiro atoms. The van der Waals surface area contributed by atoms with Gasteiger partial charge in [-0.15, -0.1) is 11.3 Å². The van der Waals surface area contributed by atoms with Crippen molar-refractivity contribution in [3.63, 3.8) is 0 Å². The number of hydrogen-bond acceptors (Lipinski definition) is 3. The Balaban J connectivity index is 2.64. The quantitative estimate of drug-likeness (QED) is 0.719. The van der Waals surface area contributed by atoms with Gasteiger partial charge >= 0.3 is 0 Å². The van der Waals surface area contributed by atoms with Crippen LogP contribution < -0.4 is 5.73 Å². The summed E-state index contributed by atoms with van der Waals surface area (Å²) >= 11 is 1.68. The molecule has 10 heavy (non-hydrogen) atoms. The molecule has 1 atom stereocenters. The van der Waals surface area contributed by atoms with Gasteiger partial charge in [-0.2, -0.15) is 0 Å². The molecule has 3 heteroatoms. The fourth-order valence-corrected chi connectivity index (χ4v) is 1.62. The molecule has 0 saturated carbocycles. The van der Waals surface area contributed by atoms with Crippen molar-refractivity contribution in [3.05, 3.63) is 22.4 Å². The fraction of sp³-hybridized carbons (Fsp3) is 0.429. The fourth-order valence-electron chi connectivity index (χ4n) is 0.803. The third-order valence-corrected chi connectivity index (χ3v) is 2.32. The van der Waals surface area contributed by atoms with E-state index in [0.29, 0.717) is 6.54 Å². The van der Waals surface area contributed by atoms with Gasteiger partial charge in [-0.25, -0.2) is 0 Å². The van der Waals surface area contributed by atoms with E-state index in [4.69, 9.17) is 10.5 Å². The zero-order valence-electron chi connectivity index (χ0n) is 5.91. The van der Waals surface area contributed by atoms with E-state index < -0.39 is 0 Å². The van der Waals surface area contributed by atoms with Crippen LogP contribution in [-0.4, -0.2) is 13.7 Å². The number of nitrogens with two attached hydrogens (primary N) is 1. The van der Waals surface area contributed by atoms with Gasteiger partial charge in [0.05, 0.1) is 0 Å². The first kappa shape index (κ1) is 7.72. The highest BCUT2D eigenvalue weighted by atomic mass is 32.1. The van der Waals surface area contributed by atoms with Crippen molar-refractivity contribution in [2.75, 3.05) is 13.7 Å². The van der Waals surface area contributed by atoms with E-state index in [9.17, 15) is 0 Å². The summed E-state index contributed by atoms with van der Waals surface area (Å²) in [5.74, 6) is 0. The molecule has 0 saturated heterocycles. The van der Waals surface area contributed by atoms with Crippen molar-refractivity contribution >= 4 is 11.3 Å². The van der Waals surface area contributed by atoms with Crippen molar-refractivity contribution in [1.29, 1.82) is 0 Å². The van der Waals surface area contributed by atoms with Crippen LogP contribution in [0.4, 0.5) is 0 Å².